The average molecular weight is 343 g/mol. The monoisotopic (exact) mass is 343 g/mol. The molecule has 7 nitrogen and oxygen atoms in total. The van der Waals surface area contributed by atoms with Crippen molar-refractivity contribution in [1.82, 2.24) is 15.5 Å². The fourth-order valence-corrected chi connectivity index (χ4v) is 2.54. The molecule has 2 atom stereocenters. The van der Waals surface area contributed by atoms with Gasteiger partial charge in [0.05, 0.1) is 25.8 Å². The molecule has 1 rings (SSSR count). The molecule has 140 valence electrons. The Bertz CT molecular complexity index is 421. The van der Waals surface area contributed by atoms with Gasteiger partial charge in [-0.3, -0.25) is 4.79 Å². The molecule has 1 fully saturated rings. The van der Waals surface area contributed by atoms with E-state index in [2.05, 4.69) is 10.6 Å². The van der Waals surface area contributed by atoms with E-state index in [1.807, 2.05) is 41.5 Å². The predicted molar refractivity (Wildman–Crippen MR) is 92.9 cm³/mol. The van der Waals surface area contributed by atoms with E-state index >= 15 is 0 Å². The molecule has 1 aliphatic rings. The Morgan fingerprint density at radius 3 is 2.54 bits per heavy atom. The highest BCUT2D eigenvalue weighted by molar-refractivity contribution is 5.78. The van der Waals surface area contributed by atoms with Crippen molar-refractivity contribution >= 4 is 12.0 Å². The largest absolute Gasteiger partial charge is 0.444 e. The lowest BCUT2D eigenvalue weighted by Gasteiger charge is -2.37. The second kappa shape index (κ2) is 9.22. The van der Waals surface area contributed by atoms with Crippen LogP contribution < -0.4 is 10.6 Å². The number of amides is 2. The van der Waals surface area contributed by atoms with Gasteiger partial charge in [0.2, 0.25) is 5.91 Å². The molecule has 0 aromatic carbocycles. The second-order valence-electron chi connectivity index (χ2n) is 7.64. The maximum Gasteiger partial charge on any atom is 0.410 e. The van der Waals surface area contributed by atoms with E-state index in [4.69, 9.17) is 9.47 Å². The molecule has 1 saturated heterocycles. The lowest BCUT2D eigenvalue weighted by atomic mass is 10.1. The maximum absolute atomic E-state index is 12.4. The molecule has 0 saturated carbocycles. The zero-order valence-corrected chi connectivity index (χ0v) is 15.8. The lowest BCUT2D eigenvalue weighted by molar-refractivity contribution is -0.120. The minimum Gasteiger partial charge on any atom is -0.444 e. The number of carbonyl (C=O) groups is 2. The first kappa shape index (κ1) is 20.7. The number of carbonyl (C=O) groups excluding carboxylic acids is 2. The fourth-order valence-electron chi connectivity index (χ4n) is 2.54. The number of nitrogens with zero attached hydrogens (tertiary/aromatic N) is 1. The highest BCUT2D eigenvalue weighted by atomic mass is 16.6. The molecule has 7 heteroatoms. The summed E-state index contributed by atoms with van der Waals surface area (Å²) in [7, 11) is 0. The normalized spacial score (nSPS) is 20.0. The van der Waals surface area contributed by atoms with Crippen LogP contribution in [0.15, 0.2) is 0 Å². The molecule has 1 heterocycles. The molecule has 0 spiro atoms. The molecule has 2 N–H and O–H groups in total. The standard InChI is InChI=1S/C17H33N3O4/c1-12(2)19-15(21)10-18-13(3)9-14-11-23-8-7-20(14)16(22)24-17(4,5)6/h12-14,18H,7-11H2,1-6H3,(H,19,21). The summed E-state index contributed by atoms with van der Waals surface area (Å²) < 4.78 is 11.0. The summed E-state index contributed by atoms with van der Waals surface area (Å²) in [4.78, 5) is 25.8. The number of rotatable bonds is 6. The third kappa shape index (κ3) is 7.97. The van der Waals surface area contributed by atoms with Crippen molar-refractivity contribution in [2.24, 2.45) is 0 Å². The van der Waals surface area contributed by atoms with Gasteiger partial charge in [0.25, 0.3) is 0 Å². The molecule has 2 amide bonds. The van der Waals surface area contributed by atoms with Gasteiger partial charge in [-0.2, -0.15) is 0 Å². The Balaban J connectivity index is 2.50. The number of morpholine rings is 1. The van der Waals surface area contributed by atoms with Crippen molar-refractivity contribution in [3.05, 3.63) is 0 Å². The molecule has 0 radical (unpaired) electrons. The van der Waals surface area contributed by atoms with Gasteiger partial charge >= 0.3 is 6.09 Å². The summed E-state index contributed by atoms with van der Waals surface area (Å²) in [6.07, 6.45) is 0.398. The van der Waals surface area contributed by atoms with Gasteiger partial charge < -0.3 is 25.0 Å². The molecule has 2 unspecified atom stereocenters. The third-order valence-electron chi connectivity index (χ3n) is 3.54. The summed E-state index contributed by atoms with van der Waals surface area (Å²) in [5.74, 6) is -0.0271. The first-order chi connectivity index (χ1) is 11.1. The Morgan fingerprint density at radius 2 is 1.96 bits per heavy atom. The van der Waals surface area contributed by atoms with E-state index in [0.29, 0.717) is 26.2 Å². The van der Waals surface area contributed by atoms with Crippen LogP contribution in [0, 0.1) is 0 Å². The first-order valence-electron chi connectivity index (χ1n) is 8.68. The van der Waals surface area contributed by atoms with Gasteiger partial charge in [-0.15, -0.1) is 0 Å². The molecular formula is C17H33N3O4. The second-order valence-corrected chi connectivity index (χ2v) is 7.64. The van der Waals surface area contributed by atoms with Crippen LogP contribution in [0.3, 0.4) is 0 Å². The summed E-state index contributed by atoms with van der Waals surface area (Å²) in [6, 6.07) is 0.160. The van der Waals surface area contributed by atoms with Crippen LogP contribution in [-0.4, -0.2) is 66.9 Å². The van der Waals surface area contributed by atoms with Gasteiger partial charge in [-0.1, -0.05) is 0 Å². The van der Waals surface area contributed by atoms with Crippen molar-refractivity contribution in [2.75, 3.05) is 26.3 Å². The van der Waals surface area contributed by atoms with E-state index in [1.54, 1.807) is 4.90 Å². The van der Waals surface area contributed by atoms with Gasteiger partial charge in [0.15, 0.2) is 0 Å². The molecule has 24 heavy (non-hydrogen) atoms. The number of ether oxygens (including phenoxy) is 2. The number of hydrogen-bond donors (Lipinski definition) is 2. The highest BCUT2D eigenvalue weighted by Crippen LogP contribution is 2.17. The van der Waals surface area contributed by atoms with E-state index in [1.165, 1.54) is 0 Å². The Kier molecular flexibility index (Phi) is 7.96. The van der Waals surface area contributed by atoms with E-state index in [0.717, 1.165) is 0 Å². The summed E-state index contributed by atoms with van der Waals surface area (Å²) in [5, 5.41) is 6.04. The fraction of sp³-hybridized carbons (Fsp3) is 0.882. The van der Waals surface area contributed by atoms with Crippen molar-refractivity contribution in [3.8, 4) is 0 Å². The average Bonchev–Trinajstić information content (AvgIpc) is 2.43. The maximum atomic E-state index is 12.4. The summed E-state index contributed by atoms with van der Waals surface area (Å²) in [5.41, 5.74) is -0.515. The Hall–Kier alpha value is -1.34. The van der Waals surface area contributed by atoms with Crippen LogP contribution in [0.1, 0.15) is 48.0 Å². The van der Waals surface area contributed by atoms with Crippen LogP contribution in [0.5, 0.6) is 0 Å². The van der Waals surface area contributed by atoms with Crippen LogP contribution in [0.4, 0.5) is 4.79 Å². The smallest absolute Gasteiger partial charge is 0.410 e. The first-order valence-corrected chi connectivity index (χ1v) is 8.68. The van der Waals surface area contributed by atoms with E-state index in [9.17, 15) is 9.59 Å². The van der Waals surface area contributed by atoms with Gasteiger partial charge in [0.1, 0.15) is 5.60 Å². The zero-order chi connectivity index (χ0) is 18.3. The van der Waals surface area contributed by atoms with Crippen LogP contribution in [-0.2, 0) is 14.3 Å². The number of nitrogens with one attached hydrogen (secondary N) is 2. The van der Waals surface area contributed by atoms with Gasteiger partial charge in [-0.25, -0.2) is 4.79 Å². The molecular weight excluding hydrogens is 310 g/mol. The molecule has 0 bridgehead atoms. The topological polar surface area (TPSA) is 79.9 Å². The Labute approximate surface area is 145 Å². The molecule has 1 aliphatic heterocycles. The quantitative estimate of drug-likeness (QED) is 0.764. The summed E-state index contributed by atoms with van der Waals surface area (Å²) >= 11 is 0. The lowest BCUT2D eigenvalue weighted by Crippen LogP contribution is -2.52. The van der Waals surface area contributed by atoms with Gasteiger partial charge in [0, 0.05) is 18.6 Å². The SMILES string of the molecule is CC(C)NC(=O)CNC(C)CC1COCCN1C(=O)OC(C)(C)C. The number of hydrogen-bond acceptors (Lipinski definition) is 5. The molecule has 0 aromatic heterocycles. The van der Waals surface area contributed by atoms with Crippen LogP contribution in [0.2, 0.25) is 0 Å². The van der Waals surface area contributed by atoms with Crippen molar-refractivity contribution in [3.63, 3.8) is 0 Å². The summed E-state index contributed by atoms with van der Waals surface area (Å²) in [6.45, 7) is 13.2. The predicted octanol–water partition coefficient (Wildman–Crippen LogP) is 1.52. The zero-order valence-electron chi connectivity index (χ0n) is 15.8. The molecule has 0 aromatic rings. The van der Waals surface area contributed by atoms with Crippen LogP contribution >= 0.6 is 0 Å². The van der Waals surface area contributed by atoms with Crippen molar-refractivity contribution in [2.45, 2.75) is 71.7 Å². The van der Waals surface area contributed by atoms with Crippen molar-refractivity contribution in [1.29, 1.82) is 0 Å². The third-order valence-corrected chi connectivity index (χ3v) is 3.54. The van der Waals surface area contributed by atoms with Crippen molar-refractivity contribution < 1.29 is 19.1 Å². The van der Waals surface area contributed by atoms with E-state index < -0.39 is 5.60 Å². The molecule has 0 aliphatic carbocycles. The highest BCUT2D eigenvalue weighted by Gasteiger charge is 2.31. The minimum atomic E-state index is -0.515. The van der Waals surface area contributed by atoms with Gasteiger partial charge in [-0.05, 0) is 48.0 Å². The minimum absolute atomic E-state index is 0.0271. The van der Waals surface area contributed by atoms with E-state index in [-0.39, 0.29) is 36.7 Å². The van der Waals surface area contributed by atoms with Crippen LogP contribution in [0.25, 0.3) is 0 Å². The Morgan fingerprint density at radius 1 is 1.29 bits per heavy atom.